The van der Waals surface area contributed by atoms with E-state index in [1.165, 1.54) is 0 Å². The van der Waals surface area contributed by atoms with Crippen LogP contribution in [0.15, 0.2) is 60.9 Å². The van der Waals surface area contributed by atoms with Crippen LogP contribution in [0.2, 0.25) is 0 Å². The Morgan fingerprint density at radius 3 is 2.59 bits per heavy atom. The molecule has 1 aromatic heterocycles. The first-order valence-corrected chi connectivity index (χ1v) is 8.51. The van der Waals surface area contributed by atoms with Crippen LogP contribution < -0.4 is 4.74 Å². The molecule has 0 radical (unpaired) electrons. The molecule has 27 heavy (non-hydrogen) atoms. The van der Waals surface area contributed by atoms with Crippen LogP contribution in [-0.2, 0) is 11.2 Å². The van der Waals surface area contributed by atoms with Crippen molar-refractivity contribution in [2.75, 3.05) is 7.11 Å². The lowest BCUT2D eigenvalue weighted by Crippen LogP contribution is -2.00. The first-order valence-electron chi connectivity index (χ1n) is 8.51. The Morgan fingerprint density at radius 2 is 1.93 bits per heavy atom. The second-order valence-electron chi connectivity index (χ2n) is 6.08. The van der Waals surface area contributed by atoms with Gasteiger partial charge in [0.05, 0.1) is 7.11 Å². The molecule has 0 unspecified atom stereocenters. The first-order chi connectivity index (χ1) is 13.1. The average Bonchev–Trinajstić information content (AvgIpc) is 2.72. The molecule has 0 aliphatic rings. The van der Waals surface area contributed by atoms with Crippen molar-refractivity contribution < 1.29 is 19.4 Å². The monoisotopic (exact) mass is 361 g/mol. The summed E-state index contributed by atoms with van der Waals surface area (Å²) in [6, 6.07) is 14.9. The number of carboxylic acids is 1. The summed E-state index contributed by atoms with van der Waals surface area (Å²) in [4.78, 5) is 26.8. The SMILES string of the molecule is COc1ccc(-c2ccc(-c3cccnc3)c(C=O)c2)c(CCC(=O)O)c1. The Balaban J connectivity index is 2.05. The van der Waals surface area contributed by atoms with Gasteiger partial charge in [0, 0.05) is 29.9 Å². The summed E-state index contributed by atoms with van der Waals surface area (Å²) in [7, 11) is 1.57. The molecule has 0 saturated heterocycles. The number of aliphatic carboxylic acids is 1. The molecule has 0 fully saturated rings. The van der Waals surface area contributed by atoms with Crippen LogP contribution in [0.4, 0.5) is 0 Å². The highest BCUT2D eigenvalue weighted by molar-refractivity contribution is 5.90. The Hall–Kier alpha value is -3.47. The van der Waals surface area contributed by atoms with E-state index in [4.69, 9.17) is 9.84 Å². The third-order valence-corrected chi connectivity index (χ3v) is 4.38. The zero-order valence-corrected chi connectivity index (χ0v) is 14.9. The van der Waals surface area contributed by atoms with Crippen molar-refractivity contribution in [2.24, 2.45) is 0 Å². The van der Waals surface area contributed by atoms with Gasteiger partial charge in [0.1, 0.15) is 5.75 Å². The fourth-order valence-electron chi connectivity index (χ4n) is 3.04. The van der Waals surface area contributed by atoms with Crippen LogP contribution in [0.1, 0.15) is 22.3 Å². The number of rotatable bonds is 7. The minimum Gasteiger partial charge on any atom is -0.497 e. The van der Waals surface area contributed by atoms with E-state index < -0.39 is 5.97 Å². The van der Waals surface area contributed by atoms with Crippen LogP contribution in [-0.4, -0.2) is 29.5 Å². The van der Waals surface area contributed by atoms with Gasteiger partial charge in [0.15, 0.2) is 6.29 Å². The number of aromatic nitrogens is 1. The topological polar surface area (TPSA) is 76.5 Å². The van der Waals surface area contributed by atoms with Gasteiger partial charge < -0.3 is 9.84 Å². The van der Waals surface area contributed by atoms with E-state index in [1.54, 1.807) is 19.5 Å². The van der Waals surface area contributed by atoms with Crippen LogP contribution >= 0.6 is 0 Å². The molecular formula is C22H19NO4. The number of methoxy groups -OCH3 is 1. The number of carboxylic acid groups (broad SMARTS) is 1. The van der Waals surface area contributed by atoms with E-state index in [0.29, 0.717) is 17.7 Å². The number of hydrogen-bond donors (Lipinski definition) is 1. The van der Waals surface area contributed by atoms with Gasteiger partial charge in [-0.25, -0.2) is 0 Å². The smallest absolute Gasteiger partial charge is 0.303 e. The molecule has 0 saturated carbocycles. The molecule has 0 atom stereocenters. The van der Waals surface area contributed by atoms with Gasteiger partial charge in [-0.05, 0) is 52.9 Å². The second kappa shape index (κ2) is 8.27. The lowest BCUT2D eigenvalue weighted by Gasteiger charge is -2.13. The summed E-state index contributed by atoms with van der Waals surface area (Å²) < 4.78 is 5.26. The highest BCUT2D eigenvalue weighted by atomic mass is 16.5. The minimum absolute atomic E-state index is 0.0223. The average molecular weight is 361 g/mol. The van der Waals surface area contributed by atoms with E-state index in [2.05, 4.69) is 4.98 Å². The van der Waals surface area contributed by atoms with Gasteiger partial charge in [-0.1, -0.05) is 24.3 Å². The fourth-order valence-corrected chi connectivity index (χ4v) is 3.04. The normalized spacial score (nSPS) is 10.4. The molecule has 1 N–H and O–H groups in total. The van der Waals surface area contributed by atoms with Gasteiger partial charge in [-0.15, -0.1) is 0 Å². The molecule has 136 valence electrons. The zero-order chi connectivity index (χ0) is 19.2. The molecule has 0 bridgehead atoms. The molecule has 3 rings (SSSR count). The number of carbonyl (C=O) groups is 2. The molecule has 0 spiro atoms. The van der Waals surface area contributed by atoms with Gasteiger partial charge in [0.25, 0.3) is 0 Å². The van der Waals surface area contributed by atoms with Gasteiger partial charge >= 0.3 is 5.97 Å². The molecule has 3 aromatic rings. The van der Waals surface area contributed by atoms with E-state index in [-0.39, 0.29) is 6.42 Å². The van der Waals surface area contributed by atoms with E-state index in [0.717, 1.165) is 34.1 Å². The third-order valence-electron chi connectivity index (χ3n) is 4.38. The van der Waals surface area contributed by atoms with Crippen LogP contribution in [0.3, 0.4) is 0 Å². The van der Waals surface area contributed by atoms with Crippen molar-refractivity contribution in [3.63, 3.8) is 0 Å². The highest BCUT2D eigenvalue weighted by Gasteiger charge is 2.12. The van der Waals surface area contributed by atoms with Crippen molar-refractivity contribution in [2.45, 2.75) is 12.8 Å². The maximum absolute atomic E-state index is 11.7. The molecular weight excluding hydrogens is 342 g/mol. The summed E-state index contributed by atoms with van der Waals surface area (Å²) in [5.74, 6) is -0.189. The van der Waals surface area contributed by atoms with E-state index >= 15 is 0 Å². The summed E-state index contributed by atoms with van der Waals surface area (Å²) in [6.07, 6.45) is 4.63. The highest BCUT2D eigenvalue weighted by Crippen LogP contribution is 2.32. The molecule has 0 aliphatic heterocycles. The Labute approximate surface area is 157 Å². The minimum atomic E-state index is -0.857. The number of aryl methyl sites for hydroxylation is 1. The number of aldehydes is 1. The van der Waals surface area contributed by atoms with Crippen molar-refractivity contribution >= 4 is 12.3 Å². The number of hydrogen-bond acceptors (Lipinski definition) is 4. The van der Waals surface area contributed by atoms with E-state index in [1.807, 2.05) is 48.5 Å². The largest absolute Gasteiger partial charge is 0.497 e. The lowest BCUT2D eigenvalue weighted by molar-refractivity contribution is -0.136. The molecule has 0 aliphatic carbocycles. The number of carbonyl (C=O) groups excluding carboxylic acids is 1. The van der Waals surface area contributed by atoms with Crippen molar-refractivity contribution in [1.29, 1.82) is 0 Å². The van der Waals surface area contributed by atoms with Crippen molar-refractivity contribution in [1.82, 2.24) is 4.98 Å². The van der Waals surface area contributed by atoms with Gasteiger partial charge in [-0.3, -0.25) is 14.6 Å². The fraction of sp³-hybridized carbons (Fsp3) is 0.136. The summed E-state index contributed by atoms with van der Waals surface area (Å²) >= 11 is 0. The van der Waals surface area contributed by atoms with Gasteiger partial charge in [0.2, 0.25) is 0 Å². The maximum Gasteiger partial charge on any atom is 0.303 e. The summed E-state index contributed by atoms with van der Waals surface area (Å²) in [5.41, 5.74) is 4.84. The summed E-state index contributed by atoms with van der Waals surface area (Å²) in [6.45, 7) is 0. The van der Waals surface area contributed by atoms with Crippen molar-refractivity contribution in [3.8, 4) is 28.0 Å². The third kappa shape index (κ3) is 4.20. The summed E-state index contributed by atoms with van der Waals surface area (Å²) in [5, 5.41) is 9.02. The quantitative estimate of drug-likeness (QED) is 0.637. The van der Waals surface area contributed by atoms with E-state index in [9.17, 15) is 9.59 Å². The maximum atomic E-state index is 11.7. The van der Waals surface area contributed by atoms with Crippen LogP contribution in [0.25, 0.3) is 22.3 Å². The lowest BCUT2D eigenvalue weighted by atomic mass is 9.92. The molecule has 1 heterocycles. The van der Waals surface area contributed by atoms with Crippen LogP contribution in [0, 0.1) is 0 Å². The number of pyridine rings is 1. The Kier molecular flexibility index (Phi) is 5.61. The molecule has 2 aromatic carbocycles. The number of benzene rings is 2. The van der Waals surface area contributed by atoms with Gasteiger partial charge in [-0.2, -0.15) is 0 Å². The first kappa shape index (κ1) is 18.3. The number of nitrogens with zero attached hydrogens (tertiary/aromatic N) is 1. The van der Waals surface area contributed by atoms with Crippen molar-refractivity contribution in [3.05, 3.63) is 72.1 Å². The Morgan fingerprint density at radius 1 is 1.11 bits per heavy atom. The molecule has 5 nitrogen and oxygen atoms in total. The second-order valence-corrected chi connectivity index (χ2v) is 6.08. The molecule has 0 amide bonds. The number of ether oxygens (including phenoxy) is 1. The predicted octanol–water partition coefficient (Wildman–Crippen LogP) is 4.25. The zero-order valence-electron chi connectivity index (χ0n) is 14.9. The van der Waals surface area contributed by atoms with Crippen LogP contribution in [0.5, 0.6) is 5.75 Å². The predicted molar refractivity (Wildman–Crippen MR) is 103 cm³/mol. The molecule has 5 heteroatoms. The Bertz CT molecular complexity index is 967. The standard InChI is InChI=1S/C22H19NO4/c1-27-19-6-8-20(16(12-19)5-9-22(25)26)15-4-7-21(18(11-15)14-24)17-3-2-10-23-13-17/h2-4,6-8,10-14H,5,9H2,1H3,(H,25,26).